The predicted octanol–water partition coefficient (Wildman–Crippen LogP) is 5.34. The molecule has 2 rings (SSSR count). The summed E-state index contributed by atoms with van der Waals surface area (Å²) in [6, 6.07) is 14.8. The molecule has 0 fully saturated rings. The van der Waals surface area contributed by atoms with E-state index < -0.39 is 12.1 Å². The first kappa shape index (κ1) is 17.5. The van der Waals surface area contributed by atoms with Gasteiger partial charge < -0.3 is 9.84 Å². The maximum atomic E-state index is 11.5. The topological polar surface area (TPSA) is 46.5 Å². The van der Waals surface area contributed by atoms with E-state index in [9.17, 15) is 9.90 Å². The zero-order valence-electron chi connectivity index (χ0n) is 13.5. The Morgan fingerprint density at radius 2 is 1.87 bits per heavy atom. The Kier molecular flexibility index (Phi) is 5.47. The number of rotatable bonds is 6. The Morgan fingerprint density at radius 1 is 1.22 bits per heavy atom. The molecule has 0 aliphatic rings. The first-order valence-corrected chi connectivity index (χ1v) is 8.39. The molecule has 2 aromatic carbocycles. The molecule has 1 unspecified atom stereocenters. The highest BCUT2D eigenvalue weighted by Crippen LogP contribution is 2.35. The lowest BCUT2D eigenvalue weighted by molar-refractivity contribution is -0.145. The number of carboxylic acids is 1. The summed E-state index contributed by atoms with van der Waals surface area (Å²) in [5, 5.41) is 9.46. The number of carbonyl (C=O) groups is 1. The third kappa shape index (κ3) is 4.14. The molecule has 3 nitrogen and oxygen atoms in total. The Morgan fingerprint density at radius 3 is 2.39 bits per heavy atom. The molecular weight excluding hydrogens is 356 g/mol. The van der Waals surface area contributed by atoms with E-state index in [0.29, 0.717) is 11.3 Å². The highest BCUT2D eigenvalue weighted by molar-refractivity contribution is 9.10. The SMILES string of the molecule is CCC(C)(C)c1ccc(OC(C(=O)O)c2ccccc2)c(Br)c1. The van der Waals surface area contributed by atoms with Gasteiger partial charge in [-0.15, -0.1) is 0 Å². The van der Waals surface area contributed by atoms with E-state index in [1.807, 2.05) is 24.3 Å². The number of ether oxygens (including phenoxy) is 1. The fourth-order valence-electron chi connectivity index (χ4n) is 2.24. The van der Waals surface area contributed by atoms with Crippen LogP contribution in [0.1, 0.15) is 44.4 Å². The molecule has 4 heteroatoms. The first-order valence-electron chi connectivity index (χ1n) is 7.59. The van der Waals surface area contributed by atoms with Crippen molar-refractivity contribution in [2.45, 2.75) is 38.7 Å². The van der Waals surface area contributed by atoms with E-state index in [1.165, 1.54) is 5.56 Å². The molecule has 0 aliphatic heterocycles. The van der Waals surface area contributed by atoms with Crippen LogP contribution in [0.4, 0.5) is 0 Å². The minimum absolute atomic E-state index is 0.0622. The summed E-state index contributed by atoms with van der Waals surface area (Å²) in [5.74, 6) is -0.488. The summed E-state index contributed by atoms with van der Waals surface area (Å²) in [5.41, 5.74) is 1.86. The Bertz CT molecular complexity index is 680. The van der Waals surface area contributed by atoms with E-state index in [1.54, 1.807) is 24.3 Å². The zero-order chi connectivity index (χ0) is 17.0. The molecule has 0 aromatic heterocycles. The molecule has 2 aromatic rings. The van der Waals surface area contributed by atoms with Crippen LogP contribution in [-0.4, -0.2) is 11.1 Å². The molecule has 0 aliphatic carbocycles. The van der Waals surface area contributed by atoms with Crippen LogP contribution in [-0.2, 0) is 10.2 Å². The van der Waals surface area contributed by atoms with Gasteiger partial charge in [0.15, 0.2) is 0 Å². The third-order valence-electron chi connectivity index (χ3n) is 4.17. The maximum absolute atomic E-state index is 11.5. The lowest BCUT2D eigenvalue weighted by Gasteiger charge is -2.24. The van der Waals surface area contributed by atoms with Gasteiger partial charge in [-0.3, -0.25) is 0 Å². The minimum atomic E-state index is -1.03. The number of halogens is 1. The van der Waals surface area contributed by atoms with Crippen molar-refractivity contribution in [3.8, 4) is 5.75 Å². The lowest BCUT2D eigenvalue weighted by Crippen LogP contribution is -2.19. The summed E-state index contributed by atoms with van der Waals surface area (Å²) in [6.07, 6.45) is -0.0148. The second kappa shape index (κ2) is 7.18. The molecule has 0 bridgehead atoms. The van der Waals surface area contributed by atoms with E-state index in [2.05, 4.69) is 36.7 Å². The Balaban J connectivity index is 2.30. The molecular formula is C19H21BrO3. The fourth-order valence-corrected chi connectivity index (χ4v) is 2.71. The fraction of sp³-hybridized carbons (Fsp3) is 0.316. The summed E-state index contributed by atoms with van der Waals surface area (Å²) >= 11 is 3.50. The van der Waals surface area contributed by atoms with Crippen LogP contribution in [0.5, 0.6) is 5.75 Å². The van der Waals surface area contributed by atoms with Crippen molar-refractivity contribution in [1.82, 2.24) is 0 Å². The number of aliphatic carboxylic acids is 1. The standard InChI is InChI=1S/C19H21BrO3/c1-4-19(2,3)14-10-11-16(15(20)12-14)23-17(18(21)22)13-8-6-5-7-9-13/h5-12,17H,4H2,1-3H3,(H,21,22). The van der Waals surface area contributed by atoms with Gasteiger partial charge in [0.05, 0.1) is 4.47 Å². The number of benzene rings is 2. The van der Waals surface area contributed by atoms with Crippen LogP contribution in [0.25, 0.3) is 0 Å². The van der Waals surface area contributed by atoms with E-state index in [0.717, 1.165) is 10.9 Å². The smallest absolute Gasteiger partial charge is 0.349 e. The van der Waals surface area contributed by atoms with Crippen LogP contribution >= 0.6 is 15.9 Å². The molecule has 122 valence electrons. The number of carboxylic acid groups (broad SMARTS) is 1. The highest BCUT2D eigenvalue weighted by Gasteiger charge is 2.24. The van der Waals surface area contributed by atoms with Gasteiger partial charge in [0, 0.05) is 5.56 Å². The van der Waals surface area contributed by atoms with Gasteiger partial charge in [0.1, 0.15) is 5.75 Å². The third-order valence-corrected chi connectivity index (χ3v) is 4.79. The molecule has 1 N–H and O–H groups in total. The van der Waals surface area contributed by atoms with Crippen molar-refractivity contribution >= 4 is 21.9 Å². The summed E-state index contributed by atoms with van der Waals surface area (Å²) in [4.78, 5) is 11.5. The van der Waals surface area contributed by atoms with Gasteiger partial charge in [-0.2, -0.15) is 0 Å². The molecule has 0 saturated heterocycles. The minimum Gasteiger partial charge on any atom is -0.478 e. The van der Waals surface area contributed by atoms with Crippen LogP contribution in [0.15, 0.2) is 53.0 Å². The van der Waals surface area contributed by atoms with Gasteiger partial charge in [-0.05, 0) is 45.5 Å². The average Bonchev–Trinajstić information content (AvgIpc) is 2.54. The van der Waals surface area contributed by atoms with Gasteiger partial charge >= 0.3 is 5.97 Å². The van der Waals surface area contributed by atoms with E-state index in [4.69, 9.17) is 4.74 Å². The second-order valence-electron chi connectivity index (χ2n) is 6.13. The van der Waals surface area contributed by atoms with E-state index >= 15 is 0 Å². The maximum Gasteiger partial charge on any atom is 0.349 e. The van der Waals surface area contributed by atoms with Gasteiger partial charge in [-0.1, -0.05) is 57.2 Å². The van der Waals surface area contributed by atoms with Crippen molar-refractivity contribution in [3.05, 3.63) is 64.1 Å². The van der Waals surface area contributed by atoms with Crippen molar-refractivity contribution in [1.29, 1.82) is 0 Å². The Labute approximate surface area is 145 Å². The molecule has 23 heavy (non-hydrogen) atoms. The van der Waals surface area contributed by atoms with Crippen molar-refractivity contribution < 1.29 is 14.6 Å². The molecule has 0 spiro atoms. The monoisotopic (exact) mass is 376 g/mol. The van der Waals surface area contributed by atoms with E-state index in [-0.39, 0.29) is 5.41 Å². The first-order chi connectivity index (χ1) is 10.8. The highest BCUT2D eigenvalue weighted by atomic mass is 79.9. The normalized spacial score (nSPS) is 12.7. The second-order valence-corrected chi connectivity index (χ2v) is 6.98. The summed E-state index contributed by atoms with van der Waals surface area (Å²) in [6.45, 7) is 6.51. The average molecular weight is 377 g/mol. The molecule has 0 saturated carbocycles. The number of hydrogen-bond acceptors (Lipinski definition) is 2. The van der Waals surface area contributed by atoms with Crippen molar-refractivity contribution in [2.75, 3.05) is 0 Å². The molecule has 0 heterocycles. The molecule has 0 radical (unpaired) electrons. The molecule has 1 atom stereocenters. The van der Waals surface area contributed by atoms with Crippen molar-refractivity contribution in [3.63, 3.8) is 0 Å². The summed E-state index contributed by atoms with van der Waals surface area (Å²) in [7, 11) is 0. The quantitative estimate of drug-likeness (QED) is 0.739. The lowest BCUT2D eigenvalue weighted by atomic mass is 9.82. The number of hydrogen-bond donors (Lipinski definition) is 1. The van der Waals surface area contributed by atoms with Gasteiger partial charge in [0.25, 0.3) is 0 Å². The molecule has 0 amide bonds. The van der Waals surface area contributed by atoms with Crippen LogP contribution in [0.2, 0.25) is 0 Å². The van der Waals surface area contributed by atoms with Crippen LogP contribution < -0.4 is 4.74 Å². The summed E-state index contributed by atoms with van der Waals surface area (Å²) < 4.78 is 6.51. The Hall–Kier alpha value is -1.81. The zero-order valence-corrected chi connectivity index (χ0v) is 15.1. The van der Waals surface area contributed by atoms with Gasteiger partial charge in [0.2, 0.25) is 6.10 Å². The van der Waals surface area contributed by atoms with Gasteiger partial charge in [-0.25, -0.2) is 4.79 Å². The predicted molar refractivity (Wildman–Crippen MR) is 94.9 cm³/mol. The van der Waals surface area contributed by atoms with Crippen LogP contribution in [0, 0.1) is 0 Å². The van der Waals surface area contributed by atoms with Crippen LogP contribution in [0.3, 0.4) is 0 Å². The largest absolute Gasteiger partial charge is 0.478 e. The van der Waals surface area contributed by atoms with Crippen molar-refractivity contribution in [2.24, 2.45) is 0 Å².